The molecular formula is C40H58N2O2+2. The SMILES string of the molecule is CCCCC(CCCC)c1cc2c(c(CC)c1)OC13Oc4c(cc(C(C)(C)C)cc4C(C)(C)C)C=[N+]1C1CCCCC1[N+]3=C2. The van der Waals surface area contributed by atoms with Gasteiger partial charge in [0.2, 0.25) is 12.1 Å². The lowest BCUT2D eigenvalue weighted by atomic mass is 9.79. The Morgan fingerprint density at radius 3 is 1.84 bits per heavy atom. The maximum Gasteiger partial charge on any atom is 0.704 e. The smallest absolute Gasteiger partial charge is 0.340 e. The van der Waals surface area contributed by atoms with Crippen LogP contribution in [0.3, 0.4) is 0 Å². The Morgan fingerprint density at radius 1 is 0.750 bits per heavy atom. The first kappa shape index (κ1) is 31.4. The minimum absolute atomic E-state index is 0.0519. The number of hydrogen-bond acceptors (Lipinski definition) is 2. The molecule has 0 amide bonds. The van der Waals surface area contributed by atoms with E-state index in [1.54, 1.807) is 0 Å². The molecule has 1 saturated heterocycles. The Balaban J connectivity index is 1.52. The van der Waals surface area contributed by atoms with Crippen LogP contribution in [0.2, 0.25) is 0 Å². The highest BCUT2D eigenvalue weighted by Gasteiger charge is 2.76. The van der Waals surface area contributed by atoms with Crippen molar-refractivity contribution in [1.82, 2.24) is 0 Å². The lowest BCUT2D eigenvalue weighted by Gasteiger charge is -2.33. The number of hydrogen-bond donors (Lipinski definition) is 0. The summed E-state index contributed by atoms with van der Waals surface area (Å²) in [5, 5.41) is 0. The number of aryl methyl sites for hydroxylation is 1. The molecule has 3 heterocycles. The van der Waals surface area contributed by atoms with Crippen LogP contribution in [-0.2, 0) is 17.3 Å². The van der Waals surface area contributed by atoms with Crippen molar-refractivity contribution in [2.24, 2.45) is 0 Å². The number of fused-ring (bicyclic) bond motifs is 5. The molecule has 0 N–H and O–H groups in total. The fourth-order valence-electron chi connectivity index (χ4n) is 8.13. The van der Waals surface area contributed by atoms with E-state index in [0.29, 0.717) is 18.0 Å². The van der Waals surface area contributed by atoms with E-state index in [1.165, 1.54) is 97.6 Å². The lowest BCUT2D eigenvalue weighted by molar-refractivity contribution is -0.866. The molecule has 1 spiro atoms. The third-order valence-electron chi connectivity index (χ3n) is 10.8. The van der Waals surface area contributed by atoms with Crippen LogP contribution in [0.4, 0.5) is 0 Å². The molecule has 238 valence electrons. The molecule has 4 nitrogen and oxygen atoms in total. The van der Waals surface area contributed by atoms with Crippen molar-refractivity contribution in [1.29, 1.82) is 0 Å². The second-order valence-corrected chi connectivity index (χ2v) is 16.1. The third-order valence-corrected chi connectivity index (χ3v) is 10.8. The highest BCUT2D eigenvalue weighted by atomic mass is 16.7. The van der Waals surface area contributed by atoms with Crippen molar-refractivity contribution in [3.05, 3.63) is 57.6 Å². The fourth-order valence-corrected chi connectivity index (χ4v) is 8.13. The normalized spacial score (nSPS) is 23.9. The van der Waals surface area contributed by atoms with Crippen molar-refractivity contribution in [3.8, 4) is 11.5 Å². The predicted octanol–water partition coefficient (Wildman–Crippen LogP) is 9.59. The largest absolute Gasteiger partial charge is 0.704 e. The molecule has 2 aromatic rings. The Bertz CT molecular complexity index is 1460. The van der Waals surface area contributed by atoms with Crippen LogP contribution in [-0.4, -0.2) is 39.7 Å². The van der Waals surface area contributed by atoms with Crippen LogP contribution in [0.5, 0.6) is 11.5 Å². The quantitative estimate of drug-likeness (QED) is 0.283. The molecule has 3 atom stereocenters. The van der Waals surface area contributed by atoms with Crippen LogP contribution in [0.25, 0.3) is 0 Å². The van der Waals surface area contributed by atoms with E-state index in [2.05, 4.69) is 108 Å². The Hall–Kier alpha value is -2.62. The standard InChI is InChI=1S/C40H58N2O2/c1-10-13-17-28(18-14-11-2)29-21-27(12-3)36-30(22-29)25-41-34-19-15-16-20-35(34)42-26-31-23-32(38(4,5)6)24-33(39(7,8)9)37(31)44-40(41,42)43-36/h21-26,28,34-35H,10-20H2,1-9H3/q+2. The molecular weight excluding hydrogens is 540 g/mol. The van der Waals surface area contributed by atoms with Crippen molar-refractivity contribution < 1.29 is 18.6 Å². The predicted molar refractivity (Wildman–Crippen MR) is 182 cm³/mol. The van der Waals surface area contributed by atoms with Crippen LogP contribution in [0.15, 0.2) is 24.3 Å². The van der Waals surface area contributed by atoms with Crippen molar-refractivity contribution >= 4 is 12.4 Å². The van der Waals surface area contributed by atoms with Gasteiger partial charge in [0.1, 0.15) is 0 Å². The van der Waals surface area contributed by atoms with Gasteiger partial charge in [-0.25, -0.2) is 0 Å². The molecule has 2 aromatic carbocycles. The van der Waals surface area contributed by atoms with Gasteiger partial charge in [0, 0.05) is 18.4 Å². The van der Waals surface area contributed by atoms with E-state index >= 15 is 0 Å². The summed E-state index contributed by atoms with van der Waals surface area (Å²) >= 11 is 0. The van der Waals surface area contributed by atoms with E-state index < -0.39 is 6.03 Å². The Kier molecular flexibility index (Phi) is 8.29. The average Bonchev–Trinajstić information content (AvgIpc) is 3.25. The summed E-state index contributed by atoms with van der Waals surface area (Å²) in [4.78, 5) is 0. The van der Waals surface area contributed by atoms with E-state index in [0.717, 1.165) is 17.9 Å². The average molecular weight is 599 g/mol. The molecule has 3 aliphatic heterocycles. The number of benzene rings is 2. The first-order chi connectivity index (χ1) is 20.9. The van der Waals surface area contributed by atoms with E-state index in [1.807, 2.05) is 0 Å². The Labute approximate surface area is 267 Å². The minimum Gasteiger partial charge on any atom is -0.340 e. The number of rotatable bonds is 8. The number of ether oxygens (including phenoxy) is 2. The van der Waals surface area contributed by atoms with Crippen LogP contribution >= 0.6 is 0 Å². The summed E-state index contributed by atoms with van der Waals surface area (Å²) < 4.78 is 19.7. The summed E-state index contributed by atoms with van der Waals surface area (Å²) in [5.41, 5.74) is 7.84. The molecule has 0 bridgehead atoms. The summed E-state index contributed by atoms with van der Waals surface area (Å²) in [6, 6.07) is 9.44. The van der Waals surface area contributed by atoms with Gasteiger partial charge >= 0.3 is 6.03 Å². The monoisotopic (exact) mass is 598 g/mol. The maximum atomic E-state index is 7.37. The number of unbranched alkanes of at least 4 members (excludes halogenated alkanes) is 2. The summed E-state index contributed by atoms with van der Waals surface area (Å²) in [7, 11) is 0. The molecule has 2 fully saturated rings. The minimum atomic E-state index is -0.988. The summed E-state index contributed by atoms with van der Waals surface area (Å²) in [5.74, 6) is 2.61. The topological polar surface area (TPSA) is 24.5 Å². The highest BCUT2D eigenvalue weighted by molar-refractivity contribution is 5.85. The zero-order chi connectivity index (χ0) is 31.4. The fraction of sp³-hybridized carbons (Fsp3) is 0.650. The van der Waals surface area contributed by atoms with Crippen LogP contribution < -0.4 is 9.47 Å². The second kappa shape index (κ2) is 11.6. The Morgan fingerprint density at radius 2 is 1.32 bits per heavy atom. The molecule has 6 rings (SSSR count). The van der Waals surface area contributed by atoms with Gasteiger partial charge in [-0.2, -0.15) is 0 Å². The van der Waals surface area contributed by atoms with Crippen molar-refractivity contribution in [2.45, 2.75) is 168 Å². The van der Waals surface area contributed by atoms with E-state index in [4.69, 9.17) is 9.47 Å². The molecule has 4 heteroatoms. The highest BCUT2D eigenvalue weighted by Crippen LogP contribution is 2.49. The maximum absolute atomic E-state index is 7.37. The molecule has 44 heavy (non-hydrogen) atoms. The van der Waals surface area contributed by atoms with Crippen molar-refractivity contribution in [2.75, 3.05) is 0 Å². The molecule has 0 radical (unpaired) electrons. The summed E-state index contributed by atoms with van der Waals surface area (Å²) in [6.07, 6.45) is 18.2. The van der Waals surface area contributed by atoms with Gasteiger partial charge < -0.3 is 9.47 Å². The van der Waals surface area contributed by atoms with Gasteiger partial charge in [-0.05, 0) is 77.7 Å². The van der Waals surface area contributed by atoms with Gasteiger partial charge in [-0.15, -0.1) is 0 Å². The number of nitrogens with zero attached hydrogens (tertiary/aromatic N) is 2. The zero-order valence-electron chi connectivity index (χ0n) is 29.2. The van der Waals surface area contributed by atoms with Gasteiger partial charge in [0.25, 0.3) is 0 Å². The molecule has 3 unspecified atom stereocenters. The van der Waals surface area contributed by atoms with E-state index in [-0.39, 0.29) is 10.8 Å². The third kappa shape index (κ3) is 5.32. The van der Waals surface area contributed by atoms with Gasteiger partial charge in [-0.1, -0.05) is 109 Å². The lowest BCUT2D eigenvalue weighted by Crippen LogP contribution is -2.60. The van der Waals surface area contributed by atoms with Crippen LogP contribution in [0, 0.1) is 0 Å². The van der Waals surface area contributed by atoms with Crippen molar-refractivity contribution in [3.63, 3.8) is 0 Å². The van der Waals surface area contributed by atoms with Gasteiger partial charge in [-0.3, -0.25) is 0 Å². The zero-order valence-corrected chi connectivity index (χ0v) is 29.2. The first-order valence-corrected chi connectivity index (χ1v) is 17.9. The van der Waals surface area contributed by atoms with Gasteiger partial charge in [0.05, 0.1) is 11.1 Å². The molecule has 1 aliphatic carbocycles. The van der Waals surface area contributed by atoms with Crippen LogP contribution in [0.1, 0.15) is 166 Å². The summed E-state index contributed by atoms with van der Waals surface area (Å²) in [6.45, 7) is 20.8. The second-order valence-electron chi connectivity index (χ2n) is 16.1. The first-order valence-electron chi connectivity index (χ1n) is 17.9. The van der Waals surface area contributed by atoms with E-state index in [9.17, 15) is 0 Å². The molecule has 0 aromatic heterocycles. The molecule has 1 saturated carbocycles. The van der Waals surface area contributed by atoms with Gasteiger partial charge in [0.15, 0.2) is 23.9 Å². The molecule has 4 aliphatic rings.